The zero-order valence-corrected chi connectivity index (χ0v) is 13.0. The standard InChI is InChI=1S/C13H19N5O2S/c1-9-6-11(17-14)7-10(2)13(9)21(19,20)16-8-12-15-4-5-18(12)3/h4-7,16-17H,8,14H2,1-3H3. The van der Waals surface area contributed by atoms with E-state index in [1.54, 1.807) is 42.9 Å². The lowest BCUT2D eigenvalue weighted by Gasteiger charge is -2.14. The highest BCUT2D eigenvalue weighted by molar-refractivity contribution is 7.89. The summed E-state index contributed by atoms with van der Waals surface area (Å²) in [5.41, 5.74) is 4.46. The average molecular weight is 309 g/mol. The van der Waals surface area contributed by atoms with Crippen LogP contribution < -0.4 is 16.0 Å². The molecule has 0 fully saturated rings. The van der Waals surface area contributed by atoms with Gasteiger partial charge in [0.05, 0.1) is 11.4 Å². The smallest absolute Gasteiger partial charge is 0.241 e. The summed E-state index contributed by atoms with van der Waals surface area (Å²) < 4.78 is 29.3. The van der Waals surface area contributed by atoms with Gasteiger partial charge in [-0.3, -0.25) is 5.84 Å². The van der Waals surface area contributed by atoms with E-state index in [4.69, 9.17) is 5.84 Å². The number of nitrogens with zero attached hydrogens (tertiary/aromatic N) is 2. The second kappa shape index (κ2) is 5.84. The largest absolute Gasteiger partial charge is 0.337 e. The van der Waals surface area contributed by atoms with Gasteiger partial charge in [-0.05, 0) is 37.1 Å². The Morgan fingerprint density at radius 1 is 1.29 bits per heavy atom. The molecule has 114 valence electrons. The maximum absolute atomic E-state index is 12.5. The van der Waals surface area contributed by atoms with Crippen molar-refractivity contribution in [2.24, 2.45) is 12.9 Å². The number of nitrogens with two attached hydrogens (primary N) is 1. The third-order valence-electron chi connectivity index (χ3n) is 3.24. The molecule has 0 aliphatic rings. The molecule has 21 heavy (non-hydrogen) atoms. The van der Waals surface area contributed by atoms with Crippen molar-refractivity contribution in [2.75, 3.05) is 5.43 Å². The summed E-state index contributed by atoms with van der Waals surface area (Å²) in [5.74, 6) is 6.01. The Kier molecular flexibility index (Phi) is 4.31. The van der Waals surface area contributed by atoms with Crippen molar-refractivity contribution in [3.63, 3.8) is 0 Å². The van der Waals surface area contributed by atoms with Crippen LogP contribution in [0.5, 0.6) is 0 Å². The molecule has 0 unspecified atom stereocenters. The van der Waals surface area contributed by atoms with Crippen LogP contribution >= 0.6 is 0 Å². The highest BCUT2D eigenvalue weighted by Gasteiger charge is 2.20. The van der Waals surface area contributed by atoms with E-state index in [1.165, 1.54) is 0 Å². The Labute approximate surface area is 124 Å². The van der Waals surface area contributed by atoms with E-state index in [0.717, 1.165) is 0 Å². The Morgan fingerprint density at radius 3 is 2.38 bits per heavy atom. The van der Waals surface area contributed by atoms with Crippen molar-refractivity contribution in [3.05, 3.63) is 41.5 Å². The highest BCUT2D eigenvalue weighted by atomic mass is 32.2. The molecule has 1 aromatic carbocycles. The van der Waals surface area contributed by atoms with Crippen molar-refractivity contribution in [3.8, 4) is 0 Å². The minimum atomic E-state index is -3.61. The fourth-order valence-corrected chi connectivity index (χ4v) is 3.69. The molecule has 4 N–H and O–H groups in total. The first-order chi connectivity index (χ1) is 9.85. The highest BCUT2D eigenvalue weighted by Crippen LogP contribution is 2.24. The van der Waals surface area contributed by atoms with Crippen LogP contribution in [0, 0.1) is 13.8 Å². The lowest BCUT2D eigenvalue weighted by Crippen LogP contribution is -2.26. The summed E-state index contributed by atoms with van der Waals surface area (Å²) >= 11 is 0. The number of aryl methyl sites for hydroxylation is 3. The molecule has 0 spiro atoms. The molecule has 0 atom stereocenters. The number of hydrogen-bond acceptors (Lipinski definition) is 5. The van der Waals surface area contributed by atoms with Crippen LogP contribution in [0.2, 0.25) is 0 Å². The quantitative estimate of drug-likeness (QED) is 0.560. The number of nitrogen functional groups attached to an aromatic ring is 1. The second-order valence-corrected chi connectivity index (χ2v) is 6.57. The topological polar surface area (TPSA) is 102 Å². The van der Waals surface area contributed by atoms with Crippen molar-refractivity contribution in [2.45, 2.75) is 25.3 Å². The zero-order chi connectivity index (χ0) is 15.6. The predicted octanol–water partition coefficient (Wildman–Crippen LogP) is 0.801. The van der Waals surface area contributed by atoms with Gasteiger partial charge in [0, 0.05) is 25.1 Å². The summed E-state index contributed by atoms with van der Waals surface area (Å²) in [7, 11) is -1.80. The van der Waals surface area contributed by atoms with E-state index >= 15 is 0 Å². The predicted molar refractivity (Wildman–Crippen MR) is 81.0 cm³/mol. The third-order valence-corrected chi connectivity index (χ3v) is 4.94. The molecular weight excluding hydrogens is 290 g/mol. The van der Waals surface area contributed by atoms with E-state index in [-0.39, 0.29) is 11.4 Å². The van der Waals surface area contributed by atoms with E-state index < -0.39 is 10.0 Å². The fourth-order valence-electron chi connectivity index (χ4n) is 2.26. The maximum Gasteiger partial charge on any atom is 0.241 e. The molecule has 0 saturated carbocycles. The Morgan fingerprint density at radius 2 is 1.90 bits per heavy atom. The molecule has 0 radical (unpaired) electrons. The average Bonchev–Trinajstić information content (AvgIpc) is 2.80. The molecule has 0 amide bonds. The number of nitrogens with one attached hydrogen (secondary N) is 2. The number of anilines is 1. The third kappa shape index (κ3) is 3.23. The minimum absolute atomic E-state index is 0.140. The number of hydrazine groups is 1. The van der Waals surface area contributed by atoms with Crippen LogP contribution in [-0.2, 0) is 23.6 Å². The maximum atomic E-state index is 12.5. The van der Waals surface area contributed by atoms with Crippen molar-refractivity contribution in [1.29, 1.82) is 0 Å². The van der Waals surface area contributed by atoms with Gasteiger partial charge >= 0.3 is 0 Å². The summed E-state index contributed by atoms with van der Waals surface area (Å²) in [6.07, 6.45) is 3.39. The van der Waals surface area contributed by atoms with Gasteiger partial charge in [0.25, 0.3) is 0 Å². The van der Waals surface area contributed by atoms with Crippen LogP contribution in [0.4, 0.5) is 5.69 Å². The van der Waals surface area contributed by atoms with Crippen LogP contribution in [0.15, 0.2) is 29.4 Å². The van der Waals surface area contributed by atoms with Gasteiger partial charge in [0.15, 0.2) is 0 Å². The molecule has 0 aliphatic heterocycles. The van der Waals surface area contributed by atoms with Crippen LogP contribution in [0.1, 0.15) is 17.0 Å². The van der Waals surface area contributed by atoms with Crippen molar-refractivity contribution < 1.29 is 8.42 Å². The van der Waals surface area contributed by atoms with Gasteiger partial charge in [-0.25, -0.2) is 18.1 Å². The summed E-state index contributed by atoms with van der Waals surface area (Å²) in [6.45, 7) is 3.62. The van der Waals surface area contributed by atoms with E-state index in [2.05, 4.69) is 15.1 Å². The molecule has 2 rings (SSSR count). The van der Waals surface area contributed by atoms with Crippen molar-refractivity contribution >= 4 is 15.7 Å². The zero-order valence-electron chi connectivity index (χ0n) is 12.2. The second-order valence-electron chi connectivity index (χ2n) is 4.86. The summed E-state index contributed by atoms with van der Waals surface area (Å²) in [6, 6.07) is 3.39. The molecule has 8 heteroatoms. The van der Waals surface area contributed by atoms with Crippen LogP contribution in [0.25, 0.3) is 0 Å². The lowest BCUT2D eigenvalue weighted by atomic mass is 10.1. The fraction of sp³-hybridized carbons (Fsp3) is 0.308. The molecule has 0 aliphatic carbocycles. The van der Waals surface area contributed by atoms with Gasteiger partial charge in [0.1, 0.15) is 5.82 Å². The number of imidazole rings is 1. The molecule has 7 nitrogen and oxygen atoms in total. The van der Waals surface area contributed by atoms with Gasteiger partial charge < -0.3 is 9.99 Å². The number of benzene rings is 1. The SMILES string of the molecule is Cc1cc(NN)cc(C)c1S(=O)(=O)NCc1nccn1C. The molecule has 0 bridgehead atoms. The van der Waals surface area contributed by atoms with Crippen molar-refractivity contribution in [1.82, 2.24) is 14.3 Å². The summed E-state index contributed by atoms with van der Waals surface area (Å²) in [4.78, 5) is 4.37. The Hall–Kier alpha value is -1.90. The van der Waals surface area contributed by atoms with E-state index in [1.807, 2.05) is 7.05 Å². The summed E-state index contributed by atoms with van der Waals surface area (Å²) in [5, 5.41) is 0. The minimum Gasteiger partial charge on any atom is -0.337 e. The Bertz CT molecular complexity index is 729. The number of aromatic nitrogens is 2. The number of rotatable bonds is 5. The van der Waals surface area contributed by atoms with Crippen LogP contribution in [-0.4, -0.2) is 18.0 Å². The Balaban J connectivity index is 2.30. The number of sulfonamides is 1. The van der Waals surface area contributed by atoms with Gasteiger partial charge in [-0.2, -0.15) is 0 Å². The first-order valence-electron chi connectivity index (χ1n) is 6.39. The normalized spacial score (nSPS) is 11.6. The van der Waals surface area contributed by atoms with Gasteiger partial charge in [-0.1, -0.05) is 0 Å². The van der Waals surface area contributed by atoms with Gasteiger partial charge in [-0.15, -0.1) is 0 Å². The first-order valence-corrected chi connectivity index (χ1v) is 7.87. The van der Waals surface area contributed by atoms with E-state index in [0.29, 0.717) is 22.6 Å². The van der Waals surface area contributed by atoms with Gasteiger partial charge in [0.2, 0.25) is 10.0 Å². The molecule has 2 aromatic rings. The molecule has 0 saturated heterocycles. The molecule has 1 aromatic heterocycles. The van der Waals surface area contributed by atoms with E-state index in [9.17, 15) is 8.42 Å². The lowest BCUT2D eigenvalue weighted by molar-refractivity contribution is 0.576. The molecular formula is C13H19N5O2S. The first kappa shape index (κ1) is 15.5. The molecule has 1 heterocycles. The monoisotopic (exact) mass is 309 g/mol. The number of hydrogen-bond donors (Lipinski definition) is 3. The van der Waals surface area contributed by atoms with Crippen LogP contribution in [0.3, 0.4) is 0 Å².